The fourth-order valence-corrected chi connectivity index (χ4v) is 2.60. The second-order valence-corrected chi connectivity index (χ2v) is 5.76. The van der Waals surface area contributed by atoms with Crippen LogP contribution in [0.5, 0.6) is 0 Å². The number of hydrogen-bond acceptors (Lipinski definition) is 3. The van der Waals surface area contributed by atoms with Crippen molar-refractivity contribution in [1.29, 1.82) is 0 Å². The van der Waals surface area contributed by atoms with Crippen LogP contribution in [0.15, 0.2) is 30.5 Å². The molecule has 1 fully saturated rings. The van der Waals surface area contributed by atoms with Crippen molar-refractivity contribution in [3.05, 3.63) is 47.5 Å². The summed E-state index contributed by atoms with van der Waals surface area (Å²) in [6, 6.07) is 5.68. The molecule has 1 aromatic heterocycles. The maximum atomic E-state index is 13.0. The molecule has 0 bridgehead atoms. The van der Waals surface area contributed by atoms with Crippen molar-refractivity contribution in [2.75, 3.05) is 0 Å². The van der Waals surface area contributed by atoms with Crippen LogP contribution in [0.25, 0.3) is 5.69 Å². The number of hydrogen-bond donors (Lipinski definition) is 2. The Morgan fingerprint density at radius 1 is 1.30 bits per heavy atom. The molecular weight excluding hydrogens is 301 g/mol. The number of aryl methyl sites for hydroxylation is 1. The largest absolute Gasteiger partial charge is 0.481 e. The van der Waals surface area contributed by atoms with Gasteiger partial charge in [-0.05, 0) is 44.0 Å². The molecule has 1 amide bonds. The van der Waals surface area contributed by atoms with E-state index in [-0.39, 0.29) is 29.4 Å². The van der Waals surface area contributed by atoms with E-state index in [0.29, 0.717) is 24.1 Å². The summed E-state index contributed by atoms with van der Waals surface area (Å²) >= 11 is 0. The van der Waals surface area contributed by atoms with Gasteiger partial charge in [0.1, 0.15) is 5.82 Å². The molecule has 0 saturated heterocycles. The van der Waals surface area contributed by atoms with Crippen LogP contribution in [0, 0.1) is 18.7 Å². The summed E-state index contributed by atoms with van der Waals surface area (Å²) < 4.78 is 14.5. The minimum Gasteiger partial charge on any atom is -0.481 e. The van der Waals surface area contributed by atoms with Crippen molar-refractivity contribution in [2.24, 2.45) is 5.92 Å². The van der Waals surface area contributed by atoms with Gasteiger partial charge in [0.25, 0.3) is 5.91 Å². The van der Waals surface area contributed by atoms with Gasteiger partial charge in [0, 0.05) is 17.8 Å². The number of halogens is 1. The molecule has 1 heterocycles. The predicted molar refractivity (Wildman–Crippen MR) is 79.9 cm³/mol. The lowest BCUT2D eigenvalue weighted by Crippen LogP contribution is -2.46. The van der Waals surface area contributed by atoms with Crippen LogP contribution in [0.2, 0.25) is 0 Å². The molecule has 2 N–H and O–H groups in total. The van der Waals surface area contributed by atoms with Crippen LogP contribution in [0.3, 0.4) is 0 Å². The zero-order valence-electron chi connectivity index (χ0n) is 12.5. The number of nitrogens with one attached hydrogen (secondary N) is 1. The Morgan fingerprint density at radius 2 is 1.96 bits per heavy atom. The highest BCUT2D eigenvalue weighted by Crippen LogP contribution is 2.27. The van der Waals surface area contributed by atoms with Crippen molar-refractivity contribution < 1.29 is 19.1 Å². The quantitative estimate of drug-likeness (QED) is 0.902. The molecule has 7 heteroatoms. The molecule has 0 atom stereocenters. The van der Waals surface area contributed by atoms with E-state index in [2.05, 4.69) is 10.4 Å². The molecule has 120 valence electrons. The third-order valence-corrected chi connectivity index (χ3v) is 4.03. The lowest BCUT2D eigenvalue weighted by atomic mass is 9.80. The lowest BCUT2D eigenvalue weighted by molar-refractivity contribution is -0.145. The highest BCUT2D eigenvalue weighted by atomic mass is 19.1. The first-order chi connectivity index (χ1) is 10.9. The smallest absolute Gasteiger partial charge is 0.306 e. The summed E-state index contributed by atoms with van der Waals surface area (Å²) in [6.07, 6.45) is 2.58. The van der Waals surface area contributed by atoms with E-state index in [1.807, 2.05) is 0 Å². The van der Waals surface area contributed by atoms with Crippen LogP contribution in [-0.2, 0) is 4.79 Å². The van der Waals surface area contributed by atoms with Crippen LogP contribution in [0.1, 0.15) is 28.9 Å². The van der Waals surface area contributed by atoms with E-state index >= 15 is 0 Å². The van der Waals surface area contributed by atoms with E-state index in [1.54, 1.807) is 25.3 Å². The van der Waals surface area contributed by atoms with Gasteiger partial charge in [-0.1, -0.05) is 0 Å². The fourth-order valence-electron chi connectivity index (χ4n) is 2.60. The van der Waals surface area contributed by atoms with Gasteiger partial charge in [-0.2, -0.15) is 5.10 Å². The van der Waals surface area contributed by atoms with Crippen molar-refractivity contribution in [1.82, 2.24) is 15.1 Å². The summed E-state index contributed by atoms with van der Waals surface area (Å²) in [6.45, 7) is 1.77. The zero-order valence-corrected chi connectivity index (χ0v) is 12.5. The van der Waals surface area contributed by atoms with E-state index in [9.17, 15) is 14.0 Å². The summed E-state index contributed by atoms with van der Waals surface area (Å²) in [7, 11) is 0. The Kier molecular flexibility index (Phi) is 3.85. The highest BCUT2D eigenvalue weighted by Gasteiger charge is 2.35. The SMILES string of the molecule is Cc1cn(-c2ccc(F)cc2)nc1C(=O)NC1CC(C(=O)O)C1. The molecule has 2 aromatic rings. The number of rotatable bonds is 4. The first-order valence-electron chi connectivity index (χ1n) is 7.30. The minimum absolute atomic E-state index is 0.126. The molecule has 1 aromatic carbocycles. The summed E-state index contributed by atoms with van der Waals surface area (Å²) in [5.41, 5.74) is 1.64. The standard InChI is InChI=1S/C16H16FN3O3/c1-9-8-20(13-4-2-11(17)3-5-13)19-14(9)15(21)18-12-6-10(7-12)16(22)23/h2-5,8,10,12H,6-7H2,1H3,(H,18,21)(H,22,23). The normalized spacial score (nSPS) is 19.9. The summed E-state index contributed by atoms with van der Waals surface area (Å²) in [5, 5.41) is 15.9. The van der Waals surface area contributed by atoms with E-state index in [4.69, 9.17) is 5.11 Å². The molecule has 23 heavy (non-hydrogen) atoms. The zero-order chi connectivity index (χ0) is 16.6. The maximum absolute atomic E-state index is 13.0. The van der Waals surface area contributed by atoms with Gasteiger partial charge >= 0.3 is 5.97 Å². The van der Waals surface area contributed by atoms with Crippen molar-refractivity contribution in [3.8, 4) is 5.69 Å². The van der Waals surface area contributed by atoms with Gasteiger partial charge < -0.3 is 10.4 Å². The van der Waals surface area contributed by atoms with Crippen LogP contribution >= 0.6 is 0 Å². The lowest BCUT2D eigenvalue weighted by Gasteiger charge is -2.32. The van der Waals surface area contributed by atoms with Gasteiger partial charge in [0.2, 0.25) is 0 Å². The van der Waals surface area contributed by atoms with Gasteiger partial charge in [0.15, 0.2) is 5.69 Å². The Bertz CT molecular complexity index is 748. The monoisotopic (exact) mass is 317 g/mol. The minimum atomic E-state index is -0.827. The molecule has 0 spiro atoms. The van der Waals surface area contributed by atoms with Crippen LogP contribution in [-0.4, -0.2) is 32.8 Å². The number of carbonyl (C=O) groups excluding carboxylic acids is 1. The number of carboxylic acids is 1. The van der Waals surface area contributed by atoms with Gasteiger partial charge in [-0.25, -0.2) is 9.07 Å². The third kappa shape index (κ3) is 3.08. The van der Waals surface area contributed by atoms with Crippen LogP contribution in [0.4, 0.5) is 4.39 Å². The van der Waals surface area contributed by atoms with Gasteiger partial charge in [-0.3, -0.25) is 9.59 Å². The number of carboxylic acid groups (broad SMARTS) is 1. The molecule has 6 nitrogen and oxygen atoms in total. The molecule has 3 rings (SSSR count). The van der Waals surface area contributed by atoms with Crippen molar-refractivity contribution >= 4 is 11.9 Å². The van der Waals surface area contributed by atoms with Gasteiger partial charge in [0.05, 0.1) is 11.6 Å². The number of carbonyl (C=O) groups is 2. The van der Waals surface area contributed by atoms with Gasteiger partial charge in [-0.15, -0.1) is 0 Å². The van der Waals surface area contributed by atoms with Crippen molar-refractivity contribution in [3.63, 3.8) is 0 Å². The topological polar surface area (TPSA) is 84.2 Å². The average Bonchev–Trinajstić information content (AvgIpc) is 2.84. The first-order valence-corrected chi connectivity index (χ1v) is 7.30. The number of amides is 1. The number of aromatic nitrogens is 2. The number of aliphatic carboxylic acids is 1. The number of nitrogens with zero attached hydrogens (tertiary/aromatic N) is 2. The second kappa shape index (κ2) is 5.83. The van der Waals surface area contributed by atoms with Crippen LogP contribution < -0.4 is 5.32 Å². The Hall–Kier alpha value is -2.70. The first kappa shape index (κ1) is 15.2. The molecule has 0 aliphatic heterocycles. The van der Waals surface area contributed by atoms with E-state index in [1.165, 1.54) is 16.8 Å². The van der Waals surface area contributed by atoms with Crippen molar-refractivity contribution in [2.45, 2.75) is 25.8 Å². The average molecular weight is 317 g/mol. The molecule has 1 saturated carbocycles. The second-order valence-electron chi connectivity index (χ2n) is 5.76. The molecular formula is C16H16FN3O3. The van der Waals surface area contributed by atoms with E-state index < -0.39 is 5.97 Å². The third-order valence-electron chi connectivity index (χ3n) is 4.03. The van der Waals surface area contributed by atoms with E-state index in [0.717, 1.165) is 0 Å². The number of benzene rings is 1. The fraction of sp³-hybridized carbons (Fsp3) is 0.312. The Balaban J connectivity index is 1.70. The summed E-state index contributed by atoms with van der Waals surface area (Å²) in [4.78, 5) is 23.0. The summed E-state index contributed by atoms with van der Waals surface area (Å²) in [5.74, 6) is -1.86. The maximum Gasteiger partial charge on any atom is 0.306 e. The highest BCUT2D eigenvalue weighted by molar-refractivity contribution is 5.94. The molecule has 1 aliphatic rings. The predicted octanol–water partition coefficient (Wildman–Crippen LogP) is 1.91. The Morgan fingerprint density at radius 3 is 2.57 bits per heavy atom. The Labute approximate surface area is 131 Å². The molecule has 0 unspecified atom stereocenters. The molecule has 0 radical (unpaired) electrons. The molecule has 1 aliphatic carbocycles.